The quantitative estimate of drug-likeness (QED) is 0.592. The topological polar surface area (TPSA) is 0 Å². The summed E-state index contributed by atoms with van der Waals surface area (Å²) in [5.41, 5.74) is 7.60. The van der Waals surface area contributed by atoms with Crippen LogP contribution in [-0.4, -0.2) is 0 Å². The van der Waals surface area contributed by atoms with Crippen LogP contribution in [0, 0.1) is 0 Å². The first-order valence-corrected chi connectivity index (χ1v) is 5.12. The zero-order valence-electron chi connectivity index (χ0n) is 8.65. The van der Waals surface area contributed by atoms with Gasteiger partial charge in [0.25, 0.3) is 0 Å². The van der Waals surface area contributed by atoms with E-state index in [0.717, 1.165) is 12.8 Å². The Morgan fingerprint density at radius 3 is 2.38 bits per heavy atom. The summed E-state index contributed by atoms with van der Waals surface area (Å²) in [6.07, 6.45) is 8.99. The lowest BCUT2D eigenvalue weighted by Crippen LogP contribution is -1.83. The third-order valence-corrected chi connectivity index (χ3v) is 3.08. The molecule has 0 aromatic rings. The minimum absolute atomic E-state index is 1.16. The Labute approximate surface area is 80.3 Å². The SMILES string of the molecule is CCC1=C(C)C(CC)=C2C=CC=C21. The van der Waals surface area contributed by atoms with E-state index in [9.17, 15) is 0 Å². The van der Waals surface area contributed by atoms with Gasteiger partial charge in [-0.2, -0.15) is 0 Å². The summed E-state index contributed by atoms with van der Waals surface area (Å²) in [6.45, 7) is 6.75. The van der Waals surface area contributed by atoms with E-state index in [-0.39, 0.29) is 0 Å². The Morgan fingerprint density at radius 1 is 1.08 bits per heavy atom. The Morgan fingerprint density at radius 2 is 1.77 bits per heavy atom. The van der Waals surface area contributed by atoms with Gasteiger partial charge in [-0.05, 0) is 47.6 Å². The van der Waals surface area contributed by atoms with Crippen molar-refractivity contribution in [3.8, 4) is 0 Å². The highest BCUT2D eigenvalue weighted by Gasteiger charge is 2.23. The van der Waals surface area contributed by atoms with Gasteiger partial charge >= 0.3 is 0 Å². The van der Waals surface area contributed by atoms with Crippen molar-refractivity contribution in [2.24, 2.45) is 0 Å². The van der Waals surface area contributed by atoms with E-state index in [1.807, 2.05) is 0 Å². The fourth-order valence-electron chi connectivity index (χ4n) is 2.44. The van der Waals surface area contributed by atoms with E-state index in [1.165, 1.54) is 16.7 Å². The molecule has 2 rings (SSSR count). The molecule has 0 saturated carbocycles. The predicted molar refractivity (Wildman–Crippen MR) is 57.5 cm³/mol. The van der Waals surface area contributed by atoms with E-state index >= 15 is 0 Å². The van der Waals surface area contributed by atoms with Gasteiger partial charge in [0.2, 0.25) is 0 Å². The molecule has 0 aromatic carbocycles. The van der Waals surface area contributed by atoms with Crippen LogP contribution < -0.4 is 0 Å². The van der Waals surface area contributed by atoms with E-state index in [0.29, 0.717) is 0 Å². The van der Waals surface area contributed by atoms with Crippen LogP contribution >= 0.6 is 0 Å². The van der Waals surface area contributed by atoms with Gasteiger partial charge in [0.15, 0.2) is 0 Å². The highest BCUT2D eigenvalue weighted by atomic mass is 14.3. The monoisotopic (exact) mass is 172 g/mol. The van der Waals surface area contributed by atoms with Crippen molar-refractivity contribution in [1.82, 2.24) is 0 Å². The van der Waals surface area contributed by atoms with Gasteiger partial charge in [0.05, 0.1) is 0 Å². The lowest BCUT2D eigenvalue weighted by atomic mass is 10.0. The molecule has 0 spiro atoms. The molecular formula is C13H16. The zero-order valence-corrected chi connectivity index (χ0v) is 8.65. The molecule has 0 saturated heterocycles. The molecule has 2 aliphatic carbocycles. The summed E-state index contributed by atoms with van der Waals surface area (Å²) in [6, 6.07) is 0. The minimum Gasteiger partial charge on any atom is -0.0613 e. The number of hydrogen-bond donors (Lipinski definition) is 0. The largest absolute Gasteiger partial charge is 0.0613 e. The summed E-state index contributed by atoms with van der Waals surface area (Å²) >= 11 is 0. The van der Waals surface area contributed by atoms with Gasteiger partial charge in [-0.25, -0.2) is 0 Å². The first kappa shape index (κ1) is 8.55. The molecule has 2 aliphatic rings. The standard InChI is InChI=1S/C13H16/c1-4-10-9(3)11(5-2)13-8-6-7-12(10)13/h6-8H,4-5H2,1-3H3. The van der Waals surface area contributed by atoms with Gasteiger partial charge in [0.1, 0.15) is 0 Å². The molecule has 0 nitrogen and oxygen atoms in total. The zero-order chi connectivity index (χ0) is 9.42. The lowest BCUT2D eigenvalue weighted by molar-refractivity contribution is 1.07. The number of allylic oxidation sites excluding steroid dienone is 8. The molecule has 0 fully saturated rings. The highest BCUT2D eigenvalue weighted by molar-refractivity contribution is 5.70. The molecule has 0 bridgehead atoms. The fraction of sp³-hybridized carbons (Fsp3) is 0.385. The smallest absolute Gasteiger partial charge is 0.0146 e. The molecule has 0 heteroatoms. The molecule has 68 valence electrons. The summed E-state index contributed by atoms with van der Waals surface area (Å²) in [5, 5.41) is 0. The van der Waals surface area contributed by atoms with Crippen molar-refractivity contribution < 1.29 is 0 Å². The van der Waals surface area contributed by atoms with Crippen LogP contribution in [0.5, 0.6) is 0 Å². The van der Waals surface area contributed by atoms with E-state index in [4.69, 9.17) is 0 Å². The average molecular weight is 172 g/mol. The van der Waals surface area contributed by atoms with Crippen LogP contribution in [0.15, 0.2) is 46.1 Å². The van der Waals surface area contributed by atoms with Crippen LogP contribution in [0.4, 0.5) is 0 Å². The molecule has 0 unspecified atom stereocenters. The van der Waals surface area contributed by atoms with Gasteiger partial charge in [-0.3, -0.25) is 0 Å². The third-order valence-electron chi connectivity index (χ3n) is 3.08. The molecule has 0 atom stereocenters. The van der Waals surface area contributed by atoms with Crippen LogP contribution in [0.1, 0.15) is 33.6 Å². The average Bonchev–Trinajstić information content (AvgIpc) is 2.64. The number of fused-ring (bicyclic) bond motifs is 1. The maximum atomic E-state index is 2.26. The second-order valence-corrected chi connectivity index (χ2v) is 3.64. The van der Waals surface area contributed by atoms with Crippen LogP contribution in [0.2, 0.25) is 0 Å². The van der Waals surface area contributed by atoms with Gasteiger partial charge in [-0.15, -0.1) is 0 Å². The van der Waals surface area contributed by atoms with Crippen LogP contribution in [0.25, 0.3) is 0 Å². The van der Waals surface area contributed by atoms with Gasteiger partial charge in [0, 0.05) is 0 Å². The molecule has 0 amide bonds. The molecular weight excluding hydrogens is 156 g/mol. The second-order valence-electron chi connectivity index (χ2n) is 3.64. The molecule has 0 aliphatic heterocycles. The van der Waals surface area contributed by atoms with E-state index in [2.05, 4.69) is 39.0 Å². The van der Waals surface area contributed by atoms with E-state index in [1.54, 1.807) is 11.1 Å². The van der Waals surface area contributed by atoms with Gasteiger partial charge < -0.3 is 0 Å². The van der Waals surface area contributed by atoms with Gasteiger partial charge in [-0.1, -0.05) is 32.1 Å². The lowest BCUT2D eigenvalue weighted by Gasteiger charge is -2.02. The number of hydrogen-bond acceptors (Lipinski definition) is 0. The van der Waals surface area contributed by atoms with Crippen LogP contribution in [0.3, 0.4) is 0 Å². The predicted octanol–water partition coefficient (Wildman–Crippen LogP) is 3.93. The normalized spacial score (nSPS) is 20.1. The molecule has 0 N–H and O–H groups in total. The van der Waals surface area contributed by atoms with Crippen LogP contribution in [-0.2, 0) is 0 Å². The summed E-state index contributed by atoms with van der Waals surface area (Å²) < 4.78 is 0. The van der Waals surface area contributed by atoms with E-state index < -0.39 is 0 Å². The molecule has 0 heterocycles. The fourth-order valence-corrected chi connectivity index (χ4v) is 2.44. The van der Waals surface area contributed by atoms with Crippen molar-refractivity contribution in [3.05, 3.63) is 46.1 Å². The van der Waals surface area contributed by atoms with Crippen molar-refractivity contribution in [2.45, 2.75) is 33.6 Å². The Bertz CT molecular complexity index is 359. The Balaban J connectivity index is 2.54. The highest BCUT2D eigenvalue weighted by Crippen LogP contribution is 2.42. The van der Waals surface area contributed by atoms with Crippen molar-refractivity contribution in [2.75, 3.05) is 0 Å². The summed E-state index contributed by atoms with van der Waals surface area (Å²) in [7, 11) is 0. The molecule has 13 heavy (non-hydrogen) atoms. The molecule has 0 radical (unpaired) electrons. The Kier molecular flexibility index (Phi) is 1.99. The second kappa shape index (κ2) is 3.02. The third kappa shape index (κ3) is 1.05. The molecule has 0 aromatic heterocycles. The van der Waals surface area contributed by atoms with Crippen molar-refractivity contribution in [3.63, 3.8) is 0 Å². The first-order chi connectivity index (χ1) is 6.29. The summed E-state index contributed by atoms with van der Waals surface area (Å²) in [5.74, 6) is 0. The van der Waals surface area contributed by atoms with Crippen molar-refractivity contribution in [1.29, 1.82) is 0 Å². The maximum Gasteiger partial charge on any atom is -0.0146 e. The van der Waals surface area contributed by atoms with Crippen molar-refractivity contribution >= 4 is 0 Å². The summed E-state index contributed by atoms with van der Waals surface area (Å²) in [4.78, 5) is 0. The Hall–Kier alpha value is -1.04. The minimum atomic E-state index is 1.16. The first-order valence-electron chi connectivity index (χ1n) is 5.12. The maximum absolute atomic E-state index is 2.26. The number of rotatable bonds is 2.